The van der Waals surface area contributed by atoms with Crippen LogP contribution in [0.2, 0.25) is 5.02 Å². The average Bonchev–Trinajstić information content (AvgIpc) is 2.62. The van der Waals surface area contributed by atoms with Crippen molar-refractivity contribution in [3.05, 3.63) is 46.1 Å². The number of hydrogen-bond acceptors (Lipinski definition) is 5. The summed E-state index contributed by atoms with van der Waals surface area (Å²) in [5.41, 5.74) is 1.74. The van der Waals surface area contributed by atoms with Gasteiger partial charge in [0, 0.05) is 30.4 Å². The van der Waals surface area contributed by atoms with E-state index in [-0.39, 0.29) is 18.7 Å². The second kappa shape index (κ2) is 8.73. The lowest BCUT2D eigenvalue weighted by molar-refractivity contribution is -0.139. The molecule has 0 bridgehead atoms. The molecule has 0 spiro atoms. The summed E-state index contributed by atoms with van der Waals surface area (Å²) in [6, 6.07) is 6.12. The van der Waals surface area contributed by atoms with Gasteiger partial charge in [0.2, 0.25) is 0 Å². The molecule has 0 aliphatic carbocycles. The van der Waals surface area contributed by atoms with Crippen molar-refractivity contribution in [2.45, 2.75) is 26.0 Å². The first-order valence-corrected chi connectivity index (χ1v) is 9.42. The van der Waals surface area contributed by atoms with E-state index < -0.39 is 12.0 Å². The highest BCUT2D eigenvalue weighted by Gasteiger charge is 2.34. The number of rotatable bonds is 5. The quantitative estimate of drug-likeness (QED) is 0.750. The van der Waals surface area contributed by atoms with Crippen molar-refractivity contribution in [3.8, 4) is 0 Å². The number of halogens is 1. The molecule has 2 unspecified atom stereocenters. The molecule has 2 N–H and O–H groups in total. The van der Waals surface area contributed by atoms with Crippen LogP contribution in [-0.4, -0.2) is 55.9 Å². The van der Waals surface area contributed by atoms with Crippen molar-refractivity contribution in [1.29, 1.82) is 0 Å². The second-order valence-corrected chi connectivity index (χ2v) is 7.05. The number of nitrogens with one attached hydrogen (secondary N) is 2. The van der Waals surface area contributed by atoms with Crippen LogP contribution in [0.15, 0.2) is 35.5 Å². The Labute approximate surface area is 163 Å². The van der Waals surface area contributed by atoms with Gasteiger partial charge in [0.05, 0.1) is 30.9 Å². The van der Waals surface area contributed by atoms with E-state index in [1.807, 2.05) is 6.92 Å². The van der Waals surface area contributed by atoms with Crippen LogP contribution >= 0.6 is 11.6 Å². The van der Waals surface area contributed by atoms with Gasteiger partial charge in [0.1, 0.15) is 0 Å². The maximum atomic E-state index is 12.7. The summed E-state index contributed by atoms with van der Waals surface area (Å²) in [4.78, 5) is 27.2. The summed E-state index contributed by atoms with van der Waals surface area (Å²) >= 11 is 5.98. The number of ether oxygens (including phenoxy) is 2. The highest BCUT2D eigenvalue weighted by molar-refractivity contribution is 6.30. The molecule has 3 rings (SSSR count). The second-order valence-electron chi connectivity index (χ2n) is 6.61. The van der Waals surface area contributed by atoms with Gasteiger partial charge in [0.25, 0.3) is 0 Å². The minimum Gasteiger partial charge on any atom is -0.463 e. The van der Waals surface area contributed by atoms with Gasteiger partial charge in [-0.3, -0.25) is 4.90 Å². The van der Waals surface area contributed by atoms with Crippen LogP contribution in [0.5, 0.6) is 0 Å². The topological polar surface area (TPSA) is 79.9 Å². The van der Waals surface area contributed by atoms with E-state index in [1.165, 1.54) is 0 Å². The molecule has 1 saturated heterocycles. The lowest BCUT2D eigenvalue weighted by Crippen LogP contribution is -2.50. The predicted molar refractivity (Wildman–Crippen MR) is 101 cm³/mol. The highest BCUT2D eigenvalue weighted by atomic mass is 35.5. The van der Waals surface area contributed by atoms with E-state index in [4.69, 9.17) is 21.1 Å². The van der Waals surface area contributed by atoms with E-state index in [0.29, 0.717) is 29.4 Å². The van der Waals surface area contributed by atoms with E-state index in [0.717, 1.165) is 18.7 Å². The summed E-state index contributed by atoms with van der Waals surface area (Å²) in [5.74, 6) is -0.443. The lowest BCUT2D eigenvalue weighted by atomic mass is 9.95. The van der Waals surface area contributed by atoms with E-state index >= 15 is 0 Å². The molecule has 0 aromatic heterocycles. The number of amides is 2. The van der Waals surface area contributed by atoms with Crippen LogP contribution in [0.1, 0.15) is 25.5 Å². The third-order valence-corrected chi connectivity index (χ3v) is 4.81. The Balaban J connectivity index is 1.96. The molecular weight excluding hydrogens is 370 g/mol. The third-order valence-electron chi connectivity index (χ3n) is 4.56. The van der Waals surface area contributed by atoms with Gasteiger partial charge >= 0.3 is 12.0 Å². The van der Waals surface area contributed by atoms with Crippen molar-refractivity contribution in [2.75, 3.05) is 32.8 Å². The van der Waals surface area contributed by atoms with E-state index in [1.54, 1.807) is 31.2 Å². The van der Waals surface area contributed by atoms with Crippen LogP contribution in [0.4, 0.5) is 4.79 Å². The van der Waals surface area contributed by atoms with Gasteiger partial charge in [0.15, 0.2) is 0 Å². The normalized spacial score (nSPS) is 23.6. The summed E-state index contributed by atoms with van der Waals surface area (Å²) in [6.07, 6.45) is 0.106. The molecule has 146 valence electrons. The Kier molecular flexibility index (Phi) is 6.36. The zero-order chi connectivity index (χ0) is 19.4. The number of nitrogens with zero attached hydrogens (tertiary/aromatic N) is 1. The van der Waals surface area contributed by atoms with E-state index in [2.05, 4.69) is 15.5 Å². The van der Waals surface area contributed by atoms with Crippen molar-refractivity contribution in [2.24, 2.45) is 0 Å². The number of urea groups is 1. The fourth-order valence-corrected chi connectivity index (χ4v) is 3.48. The van der Waals surface area contributed by atoms with Gasteiger partial charge in [-0.1, -0.05) is 23.7 Å². The predicted octanol–water partition coefficient (Wildman–Crippen LogP) is 2.23. The van der Waals surface area contributed by atoms with Crippen LogP contribution < -0.4 is 10.6 Å². The molecule has 1 aromatic carbocycles. The molecule has 2 amide bonds. The average molecular weight is 394 g/mol. The minimum absolute atomic E-state index is 0.106. The fraction of sp³-hybridized carbons (Fsp3) is 0.474. The lowest BCUT2D eigenvalue weighted by Gasteiger charge is -2.35. The fourth-order valence-electron chi connectivity index (χ4n) is 3.36. The van der Waals surface area contributed by atoms with Crippen LogP contribution in [0, 0.1) is 0 Å². The molecule has 2 heterocycles. The third kappa shape index (κ3) is 4.80. The van der Waals surface area contributed by atoms with Crippen LogP contribution in [-0.2, 0) is 14.3 Å². The smallest absolute Gasteiger partial charge is 0.338 e. The zero-order valence-electron chi connectivity index (χ0n) is 15.5. The number of hydrogen-bond donors (Lipinski definition) is 2. The molecule has 1 aromatic rings. The number of morpholine rings is 1. The molecular formula is C19H24ClN3O4. The molecule has 2 aliphatic heterocycles. The standard InChI is InChI=1S/C19H24ClN3O4/c1-3-26-18(24)16-15(11-23-8-9-27-12(2)10-23)21-19(25)22-17(16)13-4-6-14(20)7-5-13/h4-7,12,17H,3,8-11H2,1-2H3,(H2,21,22,25). The van der Waals surface area contributed by atoms with Gasteiger partial charge in [-0.25, -0.2) is 9.59 Å². The molecule has 8 heteroatoms. The Morgan fingerprint density at radius 2 is 2.11 bits per heavy atom. The molecule has 0 radical (unpaired) electrons. The first-order valence-electron chi connectivity index (χ1n) is 9.05. The SMILES string of the molecule is CCOC(=O)C1=C(CN2CCOC(C)C2)NC(=O)NC1c1ccc(Cl)cc1. The highest BCUT2D eigenvalue weighted by Crippen LogP contribution is 2.29. The van der Waals surface area contributed by atoms with Gasteiger partial charge in [-0.15, -0.1) is 0 Å². The summed E-state index contributed by atoms with van der Waals surface area (Å²) in [7, 11) is 0. The summed E-state index contributed by atoms with van der Waals surface area (Å²) in [5, 5.41) is 6.21. The number of esters is 1. The molecule has 7 nitrogen and oxygen atoms in total. The minimum atomic E-state index is -0.594. The largest absolute Gasteiger partial charge is 0.463 e. The van der Waals surface area contributed by atoms with Crippen LogP contribution in [0.25, 0.3) is 0 Å². The Bertz CT molecular complexity index is 735. The first-order chi connectivity index (χ1) is 13.0. The molecule has 2 aliphatic rings. The maximum Gasteiger partial charge on any atom is 0.338 e. The monoisotopic (exact) mass is 393 g/mol. The van der Waals surface area contributed by atoms with Crippen molar-refractivity contribution < 1.29 is 19.1 Å². The Hall–Kier alpha value is -2.09. The zero-order valence-corrected chi connectivity index (χ0v) is 16.2. The Morgan fingerprint density at radius 1 is 1.37 bits per heavy atom. The van der Waals surface area contributed by atoms with Crippen LogP contribution in [0.3, 0.4) is 0 Å². The summed E-state index contributed by atoms with van der Waals surface area (Å²) in [6.45, 7) is 6.55. The van der Waals surface area contributed by atoms with Gasteiger partial charge in [-0.05, 0) is 31.5 Å². The maximum absolute atomic E-state index is 12.7. The van der Waals surface area contributed by atoms with Crippen molar-refractivity contribution in [1.82, 2.24) is 15.5 Å². The Morgan fingerprint density at radius 3 is 2.78 bits per heavy atom. The number of carbonyl (C=O) groups excluding carboxylic acids is 2. The first kappa shape index (κ1) is 19.7. The molecule has 27 heavy (non-hydrogen) atoms. The number of carbonyl (C=O) groups is 2. The van der Waals surface area contributed by atoms with Gasteiger partial charge in [-0.2, -0.15) is 0 Å². The molecule has 0 saturated carbocycles. The van der Waals surface area contributed by atoms with E-state index in [9.17, 15) is 9.59 Å². The molecule has 2 atom stereocenters. The van der Waals surface area contributed by atoms with Crippen molar-refractivity contribution in [3.63, 3.8) is 0 Å². The van der Waals surface area contributed by atoms with Gasteiger partial charge < -0.3 is 20.1 Å². The summed E-state index contributed by atoms with van der Waals surface area (Å²) < 4.78 is 10.8. The number of benzene rings is 1. The van der Waals surface area contributed by atoms with Crippen molar-refractivity contribution >= 4 is 23.6 Å². The molecule has 1 fully saturated rings.